The minimum absolute atomic E-state index is 0.0417. The minimum atomic E-state index is -4.36. The number of aliphatic imine (C=N–C) groups is 1. The van der Waals surface area contributed by atoms with Crippen LogP contribution in [0.3, 0.4) is 0 Å². The summed E-state index contributed by atoms with van der Waals surface area (Å²) in [6, 6.07) is 4.14. The van der Waals surface area contributed by atoms with Crippen LogP contribution < -0.4 is 10.5 Å². The van der Waals surface area contributed by atoms with Gasteiger partial charge in [-0.1, -0.05) is 51.3 Å². The van der Waals surface area contributed by atoms with Crippen LogP contribution in [0, 0.1) is 19.8 Å². The Kier molecular flexibility index (Phi) is 14.1. The third kappa shape index (κ3) is 11.8. The number of alkyl halides is 3. The monoisotopic (exact) mass is 525 g/mol. The molecule has 0 aliphatic carbocycles. The molecule has 36 heavy (non-hydrogen) atoms. The molecule has 2 aromatic rings. The highest BCUT2D eigenvalue weighted by molar-refractivity contribution is 7.09. The Morgan fingerprint density at radius 2 is 1.94 bits per heavy atom. The molecule has 0 bridgehead atoms. The molecule has 1 aliphatic rings. The molecule has 1 unspecified atom stereocenters. The number of nitrogens with zero attached hydrogens (tertiary/aromatic N) is 2. The summed E-state index contributed by atoms with van der Waals surface area (Å²) in [5.74, 6) is -0.235. The lowest BCUT2D eigenvalue weighted by atomic mass is 10.1. The van der Waals surface area contributed by atoms with Crippen molar-refractivity contribution in [3.8, 4) is 5.75 Å². The number of carbonyl (C=O) groups is 1. The van der Waals surface area contributed by atoms with E-state index in [4.69, 9.17) is 10.5 Å². The summed E-state index contributed by atoms with van der Waals surface area (Å²) < 4.78 is 43.4. The fourth-order valence-corrected chi connectivity index (χ4v) is 3.53. The Hall–Kier alpha value is -2.68. The number of amides is 1. The highest BCUT2D eigenvalue weighted by Crippen LogP contribution is 2.36. The first kappa shape index (κ1) is 31.4. The van der Waals surface area contributed by atoms with Crippen LogP contribution in [0.25, 0.3) is 5.57 Å². The van der Waals surface area contributed by atoms with E-state index in [1.165, 1.54) is 11.6 Å². The second kappa shape index (κ2) is 16.1. The number of carbonyl (C=O) groups excluding carboxylic acids is 1. The lowest BCUT2D eigenvalue weighted by Gasteiger charge is -2.14. The molecule has 0 radical (unpaired) electrons. The van der Waals surface area contributed by atoms with E-state index < -0.39 is 11.7 Å². The predicted molar refractivity (Wildman–Crippen MR) is 143 cm³/mol. The number of aryl methyl sites for hydroxylation is 2. The zero-order valence-electron chi connectivity index (χ0n) is 21.8. The molecule has 0 saturated carbocycles. The second-order valence-electron chi connectivity index (χ2n) is 8.50. The number of hydrogen-bond acceptors (Lipinski definition) is 5. The number of rotatable bonds is 8. The van der Waals surface area contributed by atoms with Crippen molar-refractivity contribution < 1.29 is 22.7 Å². The fraction of sp³-hybridized carbons (Fsp3) is 0.519. The van der Waals surface area contributed by atoms with E-state index in [0.29, 0.717) is 12.2 Å². The fourth-order valence-electron chi connectivity index (χ4n) is 2.90. The quantitative estimate of drug-likeness (QED) is 0.365. The van der Waals surface area contributed by atoms with Gasteiger partial charge in [0.2, 0.25) is 5.91 Å². The zero-order chi connectivity index (χ0) is 27.1. The molecule has 200 valence electrons. The van der Waals surface area contributed by atoms with E-state index >= 15 is 0 Å². The summed E-state index contributed by atoms with van der Waals surface area (Å²) in [7, 11) is 0. The second-order valence-corrected chi connectivity index (χ2v) is 9.56. The first-order valence-electron chi connectivity index (χ1n) is 12.2. The number of unbranched alkanes of at least 4 members (excludes halogenated alkanes) is 2. The lowest BCUT2D eigenvalue weighted by Crippen LogP contribution is -2.19. The minimum Gasteiger partial charge on any atom is -0.493 e. The van der Waals surface area contributed by atoms with Crippen LogP contribution in [-0.2, 0) is 11.0 Å². The molecule has 9 heteroatoms. The molecule has 2 heterocycles. The largest absolute Gasteiger partial charge is 0.493 e. The highest BCUT2D eigenvalue weighted by atomic mass is 32.1. The van der Waals surface area contributed by atoms with Gasteiger partial charge in [0.25, 0.3) is 0 Å². The molecule has 1 amide bonds. The molecule has 1 aromatic heterocycles. The lowest BCUT2D eigenvalue weighted by molar-refractivity contribution is -0.139. The number of primary amides is 1. The number of aromatic nitrogens is 1. The Morgan fingerprint density at radius 3 is 2.42 bits per heavy atom. The number of ether oxygens (including phenoxy) is 1. The SMILES string of the molecule is CCC(C)C(N)=O.CCCCCOc1ccc(C)cc1C(F)(F)F.Cc1nc(C2=CCCN=C2)cs1. The van der Waals surface area contributed by atoms with Gasteiger partial charge in [0.1, 0.15) is 5.75 Å². The van der Waals surface area contributed by atoms with Crippen molar-refractivity contribution in [2.24, 2.45) is 16.6 Å². The summed E-state index contributed by atoms with van der Waals surface area (Å²) in [6.07, 6.45) is 4.40. The maximum absolute atomic E-state index is 12.7. The average Bonchev–Trinajstić information content (AvgIpc) is 3.29. The number of hydrogen-bond donors (Lipinski definition) is 1. The molecule has 1 aromatic carbocycles. The smallest absolute Gasteiger partial charge is 0.419 e. The third-order valence-electron chi connectivity index (χ3n) is 5.31. The number of allylic oxidation sites excluding steroid dienone is 1. The Labute approximate surface area is 216 Å². The van der Waals surface area contributed by atoms with Crippen LogP contribution in [0.1, 0.15) is 74.7 Å². The number of nitrogens with two attached hydrogens (primary N) is 1. The summed E-state index contributed by atoms with van der Waals surface area (Å²) in [5, 5.41) is 3.20. The number of benzene rings is 1. The maximum atomic E-state index is 12.7. The highest BCUT2D eigenvalue weighted by Gasteiger charge is 2.34. The van der Waals surface area contributed by atoms with Gasteiger partial charge in [-0.2, -0.15) is 13.2 Å². The van der Waals surface area contributed by atoms with Crippen LogP contribution in [-0.4, -0.2) is 30.3 Å². The van der Waals surface area contributed by atoms with Gasteiger partial charge in [-0.05, 0) is 45.2 Å². The third-order valence-corrected chi connectivity index (χ3v) is 6.09. The molecule has 0 spiro atoms. The van der Waals surface area contributed by atoms with Gasteiger partial charge >= 0.3 is 6.18 Å². The molecule has 0 saturated heterocycles. The van der Waals surface area contributed by atoms with E-state index in [2.05, 4.69) is 21.4 Å². The Morgan fingerprint density at radius 1 is 1.22 bits per heavy atom. The number of halogens is 3. The van der Waals surface area contributed by atoms with E-state index in [9.17, 15) is 18.0 Å². The van der Waals surface area contributed by atoms with Crippen LogP contribution in [0.4, 0.5) is 13.2 Å². The molecular weight excluding hydrogens is 487 g/mol. The van der Waals surface area contributed by atoms with Crippen molar-refractivity contribution in [2.75, 3.05) is 13.2 Å². The number of dihydropyridines is 1. The first-order chi connectivity index (χ1) is 17.0. The van der Waals surface area contributed by atoms with Gasteiger partial charge in [0, 0.05) is 29.6 Å². The molecule has 5 nitrogen and oxygen atoms in total. The van der Waals surface area contributed by atoms with Crippen LogP contribution >= 0.6 is 11.3 Å². The van der Waals surface area contributed by atoms with Crippen LogP contribution in [0.5, 0.6) is 5.75 Å². The van der Waals surface area contributed by atoms with Crippen molar-refractivity contribution >= 4 is 29.0 Å². The molecule has 1 aliphatic heterocycles. The Bertz CT molecular complexity index is 1000. The topological polar surface area (TPSA) is 77.6 Å². The van der Waals surface area contributed by atoms with E-state index in [0.717, 1.165) is 55.4 Å². The summed E-state index contributed by atoms with van der Waals surface area (Å²) >= 11 is 1.68. The summed E-state index contributed by atoms with van der Waals surface area (Å²) in [6.45, 7) is 10.7. The first-order valence-corrected chi connectivity index (χ1v) is 13.1. The van der Waals surface area contributed by atoms with E-state index in [1.54, 1.807) is 24.3 Å². The van der Waals surface area contributed by atoms with Gasteiger partial charge < -0.3 is 10.5 Å². The standard InChI is InChI=1S/C13H17F3O.C9H10N2S.C5H11NO/c1-3-4-5-8-17-12-7-6-10(2)9-11(12)13(14,15)16;1-7-11-9(6-12-7)8-3-2-4-10-5-8;1-3-4(2)5(6)7/h6-7,9H,3-5,8H2,1-2H3;3,5-6H,2,4H2,1H3;4H,3H2,1-2H3,(H2,6,7). The van der Waals surface area contributed by atoms with Crippen molar-refractivity contribution in [3.05, 3.63) is 51.5 Å². The van der Waals surface area contributed by atoms with Gasteiger partial charge in [-0.3, -0.25) is 9.79 Å². The van der Waals surface area contributed by atoms with Crippen molar-refractivity contribution in [1.29, 1.82) is 0 Å². The van der Waals surface area contributed by atoms with E-state index in [-0.39, 0.29) is 17.6 Å². The molecular formula is C27H38F3N3O2S. The molecule has 3 rings (SSSR count). The zero-order valence-corrected chi connectivity index (χ0v) is 22.6. The maximum Gasteiger partial charge on any atom is 0.419 e. The van der Waals surface area contributed by atoms with Crippen molar-refractivity contribution in [1.82, 2.24) is 4.98 Å². The predicted octanol–water partition coefficient (Wildman–Crippen LogP) is 7.41. The van der Waals surface area contributed by atoms with Crippen LogP contribution in [0.2, 0.25) is 0 Å². The summed E-state index contributed by atoms with van der Waals surface area (Å²) in [5.41, 5.74) is 7.05. The van der Waals surface area contributed by atoms with Crippen LogP contribution in [0.15, 0.2) is 34.6 Å². The Balaban J connectivity index is 0.000000296. The van der Waals surface area contributed by atoms with E-state index in [1.807, 2.05) is 33.9 Å². The normalized spacial score (nSPS) is 13.5. The van der Waals surface area contributed by atoms with Gasteiger partial charge in [0.05, 0.1) is 22.9 Å². The average molecular weight is 526 g/mol. The van der Waals surface area contributed by atoms with Crippen molar-refractivity contribution in [2.45, 2.75) is 72.9 Å². The summed E-state index contributed by atoms with van der Waals surface area (Å²) in [4.78, 5) is 18.8. The van der Waals surface area contributed by atoms with Crippen molar-refractivity contribution in [3.63, 3.8) is 0 Å². The molecule has 2 N–H and O–H groups in total. The van der Waals surface area contributed by atoms with Gasteiger partial charge in [-0.15, -0.1) is 11.3 Å². The van der Waals surface area contributed by atoms with Gasteiger partial charge in [0.15, 0.2) is 0 Å². The number of thiazole rings is 1. The molecule has 0 fully saturated rings. The molecule has 1 atom stereocenters. The van der Waals surface area contributed by atoms with Gasteiger partial charge in [-0.25, -0.2) is 4.98 Å².